The minimum atomic E-state index is -0.954. The van der Waals surface area contributed by atoms with Gasteiger partial charge in [-0.15, -0.1) is 0 Å². The van der Waals surface area contributed by atoms with Gasteiger partial charge in [0.25, 0.3) is 0 Å². The number of Topliss-reactive ketones (excluding diaryl/α,β-unsaturated/α-hetero) is 1. The molecule has 28 heavy (non-hydrogen) atoms. The Kier molecular flexibility index (Phi) is 4.76. The molecule has 4 aromatic rings. The Bertz CT molecular complexity index is 1140. The van der Waals surface area contributed by atoms with Crippen LogP contribution in [0, 0.1) is 0 Å². The molecule has 0 atom stereocenters. The molecule has 2 heterocycles. The van der Waals surface area contributed by atoms with Crippen molar-refractivity contribution < 1.29 is 14.7 Å². The molecule has 0 unspecified atom stereocenters. The topological polar surface area (TPSA) is 88.0 Å². The Morgan fingerprint density at radius 2 is 1.82 bits per heavy atom. The molecule has 0 saturated heterocycles. The molecule has 0 fully saturated rings. The van der Waals surface area contributed by atoms with Crippen LogP contribution in [0.3, 0.4) is 0 Å². The van der Waals surface area contributed by atoms with Crippen LogP contribution in [0.4, 0.5) is 0 Å². The quantitative estimate of drug-likeness (QED) is 0.510. The molecule has 0 aliphatic heterocycles. The number of aromatic nitrogens is 3. The van der Waals surface area contributed by atoms with E-state index in [0.29, 0.717) is 0 Å². The molecule has 2 aromatic heterocycles. The second-order valence-electron chi connectivity index (χ2n) is 6.67. The molecule has 140 valence electrons. The van der Waals surface area contributed by atoms with Gasteiger partial charge < -0.3 is 14.7 Å². The second-order valence-corrected chi connectivity index (χ2v) is 6.67. The lowest BCUT2D eigenvalue weighted by Crippen LogP contribution is -2.10. The van der Waals surface area contributed by atoms with Gasteiger partial charge in [0.15, 0.2) is 5.78 Å². The third-order valence-corrected chi connectivity index (χ3v) is 4.71. The van der Waals surface area contributed by atoms with Crippen LogP contribution >= 0.6 is 0 Å². The Morgan fingerprint density at radius 1 is 1.00 bits per heavy atom. The number of fused-ring (bicyclic) bond motifs is 1. The van der Waals surface area contributed by atoms with Gasteiger partial charge in [-0.2, -0.15) is 0 Å². The number of nitrogens with one attached hydrogen (secondary N) is 1. The zero-order valence-electron chi connectivity index (χ0n) is 15.1. The lowest BCUT2D eigenvalue weighted by molar-refractivity contribution is -0.138. The fraction of sp³-hybridized carbons (Fsp3) is 0.136. The predicted octanol–water partition coefficient (Wildman–Crippen LogP) is 4.13. The van der Waals surface area contributed by atoms with Gasteiger partial charge in [-0.25, -0.2) is 4.98 Å². The molecule has 4 rings (SSSR count). The van der Waals surface area contributed by atoms with Gasteiger partial charge in [-0.1, -0.05) is 30.3 Å². The molecule has 2 aromatic carbocycles. The molecular weight excluding hydrogens is 354 g/mol. The highest BCUT2D eigenvalue weighted by Gasteiger charge is 2.10. The van der Waals surface area contributed by atoms with Crippen LogP contribution in [0.15, 0.2) is 67.1 Å². The van der Waals surface area contributed by atoms with Crippen LogP contribution in [-0.2, 0) is 16.1 Å². The van der Waals surface area contributed by atoms with Crippen molar-refractivity contribution in [1.29, 1.82) is 0 Å². The van der Waals surface area contributed by atoms with E-state index in [1.54, 1.807) is 12.4 Å². The monoisotopic (exact) mass is 373 g/mol. The highest BCUT2D eigenvalue weighted by atomic mass is 16.4. The Balaban J connectivity index is 1.64. The van der Waals surface area contributed by atoms with E-state index in [1.807, 2.05) is 41.1 Å². The van der Waals surface area contributed by atoms with Crippen LogP contribution < -0.4 is 0 Å². The molecule has 0 radical (unpaired) electrons. The number of aliphatic carboxylic acids is 1. The van der Waals surface area contributed by atoms with Crippen molar-refractivity contribution in [1.82, 2.24) is 14.5 Å². The number of carbonyl (C=O) groups is 2. The smallest absolute Gasteiger partial charge is 0.303 e. The van der Waals surface area contributed by atoms with E-state index in [0.717, 1.165) is 33.4 Å². The lowest BCUT2D eigenvalue weighted by Gasteiger charge is -2.08. The summed E-state index contributed by atoms with van der Waals surface area (Å²) in [6.07, 6.45) is 5.29. The predicted molar refractivity (Wildman–Crippen MR) is 107 cm³/mol. The Labute approximate surface area is 161 Å². The molecule has 6 heteroatoms. The van der Waals surface area contributed by atoms with Crippen molar-refractivity contribution in [3.63, 3.8) is 0 Å². The van der Waals surface area contributed by atoms with Crippen molar-refractivity contribution in [3.8, 4) is 22.5 Å². The Morgan fingerprint density at radius 3 is 2.61 bits per heavy atom. The van der Waals surface area contributed by atoms with E-state index in [-0.39, 0.29) is 25.2 Å². The first-order valence-electron chi connectivity index (χ1n) is 9.03. The average Bonchev–Trinajstić information content (AvgIpc) is 3.37. The third-order valence-electron chi connectivity index (χ3n) is 4.71. The van der Waals surface area contributed by atoms with Gasteiger partial charge in [-0.05, 0) is 34.7 Å². The highest BCUT2D eigenvalue weighted by Crippen LogP contribution is 2.28. The number of hydrogen-bond acceptors (Lipinski definition) is 3. The molecule has 0 spiro atoms. The zero-order valence-corrected chi connectivity index (χ0v) is 15.1. The summed E-state index contributed by atoms with van der Waals surface area (Å²) in [5.74, 6) is -0.232. The van der Waals surface area contributed by atoms with Crippen LogP contribution in [0.2, 0.25) is 0 Å². The molecule has 0 amide bonds. The largest absolute Gasteiger partial charge is 0.481 e. The summed E-state index contributed by atoms with van der Waals surface area (Å²) in [7, 11) is 0. The van der Waals surface area contributed by atoms with E-state index >= 15 is 0 Å². The maximum atomic E-state index is 12.1. The average molecular weight is 373 g/mol. The van der Waals surface area contributed by atoms with E-state index in [1.165, 1.54) is 0 Å². The molecule has 0 saturated carbocycles. The summed E-state index contributed by atoms with van der Waals surface area (Å²) >= 11 is 0. The van der Waals surface area contributed by atoms with E-state index in [9.17, 15) is 9.59 Å². The Hall–Kier alpha value is -3.67. The number of aromatic amines is 1. The summed E-state index contributed by atoms with van der Waals surface area (Å²) in [6.45, 7) is 0.173. The fourth-order valence-electron chi connectivity index (χ4n) is 3.29. The van der Waals surface area contributed by atoms with Gasteiger partial charge in [0.05, 0.1) is 13.0 Å². The normalized spacial score (nSPS) is 11.0. The minimum Gasteiger partial charge on any atom is -0.481 e. The highest BCUT2D eigenvalue weighted by molar-refractivity contribution is 5.88. The zero-order chi connectivity index (χ0) is 19.5. The first-order valence-corrected chi connectivity index (χ1v) is 9.03. The van der Waals surface area contributed by atoms with Crippen LogP contribution in [0.1, 0.15) is 12.8 Å². The SMILES string of the molecule is O=C(O)CCC(=O)Cn1ccc2ccc(-c3cccc(-c4ncc[nH]4)c3)cc21. The number of carboxylic acid groups (broad SMARTS) is 1. The van der Waals surface area contributed by atoms with E-state index in [4.69, 9.17) is 5.11 Å². The molecule has 6 nitrogen and oxygen atoms in total. The summed E-state index contributed by atoms with van der Waals surface area (Å²) in [5, 5.41) is 9.79. The molecule has 0 aliphatic rings. The van der Waals surface area contributed by atoms with Crippen molar-refractivity contribution in [2.24, 2.45) is 0 Å². The lowest BCUT2D eigenvalue weighted by atomic mass is 10.0. The number of carbonyl (C=O) groups excluding carboxylic acids is 1. The summed E-state index contributed by atoms with van der Waals surface area (Å²) in [4.78, 5) is 30.2. The standard InChI is InChI=1S/C22H19N3O3/c26-19(6-7-21(27)28)14-25-11-8-15-4-5-17(13-20(15)25)16-2-1-3-18(12-16)22-23-9-10-24-22/h1-5,8-13H,6-7,14H2,(H,23,24)(H,27,28). The number of H-pyrrole nitrogens is 1. The summed E-state index contributed by atoms with van der Waals surface area (Å²) < 4.78 is 1.87. The van der Waals surface area contributed by atoms with Gasteiger partial charge in [0.2, 0.25) is 0 Å². The molecule has 0 bridgehead atoms. The van der Waals surface area contributed by atoms with Gasteiger partial charge >= 0.3 is 5.97 Å². The fourth-order valence-corrected chi connectivity index (χ4v) is 3.29. The third kappa shape index (κ3) is 3.71. The van der Waals surface area contributed by atoms with Crippen LogP contribution in [0.5, 0.6) is 0 Å². The molecule has 2 N–H and O–H groups in total. The number of ketones is 1. The number of benzene rings is 2. The van der Waals surface area contributed by atoms with E-state index < -0.39 is 5.97 Å². The minimum absolute atomic E-state index is 0.0416. The number of nitrogens with zero attached hydrogens (tertiary/aromatic N) is 2. The van der Waals surface area contributed by atoms with E-state index in [2.05, 4.69) is 28.2 Å². The van der Waals surface area contributed by atoms with Crippen molar-refractivity contribution in [2.45, 2.75) is 19.4 Å². The van der Waals surface area contributed by atoms with Crippen molar-refractivity contribution in [3.05, 3.63) is 67.1 Å². The van der Waals surface area contributed by atoms with Crippen LogP contribution in [0.25, 0.3) is 33.4 Å². The maximum Gasteiger partial charge on any atom is 0.303 e. The van der Waals surface area contributed by atoms with Crippen LogP contribution in [-0.4, -0.2) is 31.4 Å². The maximum absolute atomic E-state index is 12.1. The first kappa shape index (κ1) is 17.7. The molecule has 0 aliphatic carbocycles. The molecular formula is C22H19N3O3. The van der Waals surface area contributed by atoms with Crippen molar-refractivity contribution >= 4 is 22.7 Å². The van der Waals surface area contributed by atoms with Gasteiger partial charge in [0, 0.05) is 36.1 Å². The summed E-state index contributed by atoms with van der Waals surface area (Å²) in [5.41, 5.74) is 4.05. The number of carboxylic acids is 1. The van der Waals surface area contributed by atoms with Crippen molar-refractivity contribution in [2.75, 3.05) is 0 Å². The number of rotatable bonds is 7. The number of imidazole rings is 1. The van der Waals surface area contributed by atoms with Gasteiger partial charge in [-0.3, -0.25) is 9.59 Å². The summed E-state index contributed by atoms with van der Waals surface area (Å²) in [6, 6.07) is 16.2. The number of hydrogen-bond donors (Lipinski definition) is 2. The first-order chi connectivity index (χ1) is 13.6. The van der Waals surface area contributed by atoms with Gasteiger partial charge in [0.1, 0.15) is 5.82 Å². The second kappa shape index (κ2) is 7.52.